The monoisotopic (exact) mass is 189 g/mol. The van der Waals surface area contributed by atoms with Crippen molar-refractivity contribution in [3.8, 4) is 0 Å². The minimum Gasteiger partial charge on any atom is -0.480 e. The zero-order valence-corrected chi connectivity index (χ0v) is 8.54. The van der Waals surface area contributed by atoms with Crippen molar-refractivity contribution < 1.29 is 14.6 Å². The third kappa shape index (κ3) is 5.60. The fourth-order valence-corrected chi connectivity index (χ4v) is 0.665. The molecule has 0 saturated carbocycles. The van der Waals surface area contributed by atoms with Crippen molar-refractivity contribution in [1.82, 2.24) is 0 Å². The van der Waals surface area contributed by atoms with Crippen LogP contribution in [0.4, 0.5) is 0 Å². The molecule has 0 aromatic carbocycles. The fraction of sp³-hybridized carbons (Fsp3) is 0.889. The number of carboxylic acid groups (broad SMARTS) is 1. The maximum atomic E-state index is 10.5. The average Bonchev–Trinajstić information content (AvgIpc) is 1.97. The molecule has 0 aliphatic carbocycles. The second-order valence-electron chi connectivity index (χ2n) is 3.96. The van der Waals surface area contributed by atoms with Crippen molar-refractivity contribution in [3.05, 3.63) is 0 Å². The minimum absolute atomic E-state index is 0.0645. The third-order valence-corrected chi connectivity index (χ3v) is 1.73. The zero-order chi connectivity index (χ0) is 10.5. The normalized spacial score (nSPS) is 15.8. The lowest BCUT2D eigenvalue weighted by Crippen LogP contribution is -2.49. The van der Waals surface area contributed by atoms with Gasteiger partial charge in [0.25, 0.3) is 0 Å². The summed E-state index contributed by atoms with van der Waals surface area (Å²) in [6.07, 6.45) is 0.926. The van der Waals surface area contributed by atoms with Gasteiger partial charge in [0.2, 0.25) is 0 Å². The van der Waals surface area contributed by atoms with Crippen molar-refractivity contribution in [2.75, 3.05) is 13.2 Å². The molecule has 1 unspecified atom stereocenters. The smallest absolute Gasteiger partial charge is 0.325 e. The first-order chi connectivity index (χ1) is 5.86. The molecule has 0 radical (unpaired) electrons. The molecule has 0 fully saturated rings. The Kier molecular flexibility index (Phi) is 4.95. The topological polar surface area (TPSA) is 72.5 Å². The number of hydrogen-bond acceptors (Lipinski definition) is 3. The number of carboxylic acids is 1. The lowest BCUT2D eigenvalue weighted by atomic mass is 10.1. The van der Waals surface area contributed by atoms with Crippen LogP contribution < -0.4 is 5.73 Å². The van der Waals surface area contributed by atoms with Gasteiger partial charge in [-0.3, -0.25) is 4.79 Å². The molecule has 0 rings (SSSR count). The van der Waals surface area contributed by atoms with Crippen LogP contribution in [0.25, 0.3) is 0 Å². The average molecular weight is 189 g/mol. The molecule has 78 valence electrons. The van der Waals surface area contributed by atoms with Crippen LogP contribution in [0.1, 0.15) is 27.2 Å². The van der Waals surface area contributed by atoms with Gasteiger partial charge >= 0.3 is 5.97 Å². The summed E-state index contributed by atoms with van der Waals surface area (Å²) < 4.78 is 5.16. The van der Waals surface area contributed by atoms with Crippen LogP contribution in [0.2, 0.25) is 0 Å². The largest absolute Gasteiger partial charge is 0.480 e. The van der Waals surface area contributed by atoms with Gasteiger partial charge in [-0.15, -0.1) is 0 Å². The van der Waals surface area contributed by atoms with E-state index in [2.05, 4.69) is 13.8 Å². The van der Waals surface area contributed by atoms with E-state index in [-0.39, 0.29) is 6.61 Å². The summed E-state index contributed by atoms with van der Waals surface area (Å²) in [4.78, 5) is 10.5. The molecular formula is C9H19NO3. The van der Waals surface area contributed by atoms with Crippen LogP contribution >= 0.6 is 0 Å². The van der Waals surface area contributed by atoms with E-state index in [0.717, 1.165) is 6.42 Å². The van der Waals surface area contributed by atoms with Gasteiger partial charge in [-0.05, 0) is 19.3 Å². The van der Waals surface area contributed by atoms with Gasteiger partial charge in [0.1, 0.15) is 5.54 Å². The highest BCUT2D eigenvalue weighted by molar-refractivity contribution is 5.77. The van der Waals surface area contributed by atoms with Crippen molar-refractivity contribution in [1.29, 1.82) is 0 Å². The summed E-state index contributed by atoms with van der Waals surface area (Å²) in [6.45, 7) is 6.25. The van der Waals surface area contributed by atoms with Gasteiger partial charge in [0.05, 0.1) is 6.61 Å². The molecule has 4 nitrogen and oxygen atoms in total. The highest BCUT2D eigenvalue weighted by atomic mass is 16.5. The molecule has 0 aliphatic heterocycles. The van der Waals surface area contributed by atoms with Crippen molar-refractivity contribution in [2.24, 2.45) is 11.7 Å². The Morgan fingerprint density at radius 3 is 2.54 bits per heavy atom. The molecule has 0 heterocycles. The van der Waals surface area contributed by atoms with Crippen LogP contribution in [-0.4, -0.2) is 29.8 Å². The molecule has 13 heavy (non-hydrogen) atoms. The second-order valence-corrected chi connectivity index (χ2v) is 3.96. The summed E-state index contributed by atoms with van der Waals surface area (Å²) in [7, 11) is 0. The van der Waals surface area contributed by atoms with Crippen LogP contribution in [-0.2, 0) is 9.53 Å². The third-order valence-electron chi connectivity index (χ3n) is 1.73. The Labute approximate surface area is 79.1 Å². The van der Waals surface area contributed by atoms with Crippen LogP contribution in [0.5, 0.6) is 0 Å². The van der Waals surface area contributed by atoms with Gasteiger partial charge in [-0.25, -0.2) is 0 Å². The molecule has 4 heteroatoms. The van der Waals surface area contributed by atoms with E-state index in [1.807, 2.05) is 0 Å². The van der Waals surface area contributed by atoms with Gasteiger partial charge in [-0.2, -0.15) is 0 Å². The minimum atomic E-state index is -1.27. The molecule has 0 amide bonds. The maximum Gasteiger partial charge on any atom is 0.325 e. The molecule has 0 aromatic rings. The highest BCUT2D eigenvalue weighted by Gasteiger charge is 2.27. The fourth-order valence-electron chi connectivity index (χ4n) is 0.665. The first-order valence-corrected chi connectivity index (χ1v) is 4.46. The zero-order valence-electron chi connectivity index (χ0n) is 8.54. The molecular weight excluding hydrogens is 170 g/mol. The van der Waals surface area contributed by atoms with E-state index in [0.29, 0.717) is 12.5 Å². The molecule has 0 saturated heterocycles. The van der Waals surface area contributed by atoms with E-state index < -0.39 is 11.5 Å². The van der Waals surface area contributed by atoms with Crippen molar-refractivity contribution in [3.63, 3.8) is 0 Å². The molecule has 1 atom stereocenters. The Bertz CT molecular complexity index is 166. The van der Waals surface area contributed by atoms with Crippen molar-refractivity contribution >= 4 is 5.97 Å². The van der Waals surface area contributed by atoms with E-state index in [4.69, 9.17) is 15.6 Å². The number of aliphatic carboxylic acids is 1. The predicted octanol–water partition coefficient (Wildman–Crippen LogP) is 0.851. The predicted molar refractivity (Wildman–Crippen MR) is 50.5 cm³/mol. The van der Waals surface area contributed by atoms with E-state index >= 15 is 0 Å². The Morgan fingerprint density at radius 2 is 2.15 bits per heavy atom. The van der Waals surface area contributed by atoms with E-state index in [1.54, 1.807) is 0 Å². The number of rotatable bonds is 6. The highest BCUT2D eigenvalue weighted by Crippen LogP contribution is 2.03. The van der Waals surface area contributed by atoms with Gasteiger partial charge in [-0.1, -0.05) is 13.8 Å². The van der Waals surface area contributed by atoms with E-state index in [1.165, 1.54) is 6.92 Å². The van der Waals surface area contributed by atoms with Crippen LogP contribution in [0.3, 0.4) is 0 Å². The first-order valence-electron chi connectivity index (χ1n) is 4.46. The van der Waals surface area contributed by atoms with Crippen molar-refractivity contribution in [2.45, 2.75) is 32.7 Å². The molecule has 0 aromatic heterocycles. The number of ether oxygens (including phenoxy) is 1. The van der Waals surface area contributed by atoms with Gasteiger partial charge < -0.3 is 15.6 Å². The lowest BCUT2D eigenvalue weighted by Gasteiger charge is -2.19. The number of nitrogens with two attached hydrogens (primary N) is 1. The SMILES string of the molecule is CC(C)CCOCC(C)(N)C(=O)O. The molecule has 0 spiro atoms. The molecule has 0 aliphatic rings. The summed E-state index contributed by atoms with van der Waals surface area (Å²) in [5.74, 6) is -0.467. The molecule has 0 bridgehead atoms. The van der Waals surface area contributed by atoms with Gasteiger partial charge in [0.15, 0.2) is 0 Å². The Morgan fingerprint density at radius 1 is 1.62 bits per heavy atom. The summed E-state index contributed by atoms with van der Waals surface area (Å²) >= 11 is 0. The number of carbonyl (C=O) groups is 1. The van der Waals surface area contributed by atoms with E-state index in [9.17, 15) is 4.79 Å². The van der Waals surface area contributed by atoms with Crippen LogP contribution in [0, 0.1) is 5.92 Å². The second kappa shape index (κ2) is 5.19. The van der Waals surface area contributed by atoms with Crippen LogP contribution in [0.15, 0.2) is 0 Å². The quantitative estimate of drug-likeness (QED) is 0.607. The summed E-state index contributed by atoms with van der Waals surface area (Å²) in [5.41, 5.74) is 4.18. The molecule has 3 N–H and O–H groups in total. The standard InChI is InChI=1S/C9H19NO3/c1-7(2)4-5-13-6-9(3,10)8(11)12/h7H,4-6,10H2,1-3H3,(H,11,12). The first kappa shape index (κ1) is 12.4. The lowest BCUT2D eigenvalue weighted by molar-refractivity contribution is -0.145. The summed E-state index contributed by atoms with van der Waals surface area (Å²) in [6, 6.07) is 0. The number of hydrogen-bond donors (Lipinski definition) is 2. The Balaban J connectivity index is 3.58. The summed E-state index contributed by atoms with van der Waals surface area (Å²) in [5, 5.41) is 8.64. The maximum absolute atomic E-state index is 10.5. The Hall–Kier alpha value is -0.610. The van der Waals surface area contributed by atoms with Gasteiger partial charge in [0, 0.05) is 6.61 Å².